The van der Waals surface area contributed by atoms with Crippen LogP contribution >= 0.6 is 7.82 Å². The summed E-state index contributed by atoms with van der Waals surface area (Å²) < 4.78 is 34.1. The molecule has 2 unspecified atom stereocenters. The van der Waals surface area contributed by atoms with Gasteiger partial charge in [0.15, 0.2) is 6.10 Å². The summed E-state index contributed by atoms with van der Waals surface area (Å²) >= 11 is 0. The summed E-state index contributed by atoms with van der Waals surface area (Å²) in [6.45, 7) is 4.10. The van der Waals surface area contributed by atoms with Crippen LogP contribution in [0.5, 0.6) is 0 Å². The van der Waals surface area contributed by atoms with E-state index in [2.05, 4.69) is 38.2 Å². The standard InChI is InChI=1S/C46H74NO8P/c1-6-8-10-12-14-16-18-20-21-22-23-24-25-27-28-30-32-34-36-38-45(48)52-42-44(43-54-56(50,51)53-41-40-47(3,4)5)55-46(49)39-37-35-33-31-29-26-19-17-15-13-11-9-7-2/h8,10,12,14,16,18,20-29,33,35,44H,6-7,9,11,13,15,17,19,30-32,34,36-43H2,1-5H3/p+1/b10-8+,14-12+,18-16+,21-20+,23-22+,25-24+,28-27+,29-26+,35-33+. The van der Waals surface area contributed by atoms with Gasteiger partial charge in [-0.3, -0.25) is 18.6 Å². The Morgan fingerprint density at radius 3 is 1.73 bits per heavy atom. The van der Waals surface area contributed by atoms with Gasteiger partial charge in [0.25, 0.3) is 0 Å². The van der Waals surface area contributed by atoms with E-state index in [4.69, 9.17) is 18.5 Å². The highest BCUT2D eigenvalue weighted by atomic mass is 31.2. The number of carbonyl (C=O) groups is 2. The number of quaternary nitrogens is 1. The van der Waals surface area contributed by atoms with Crippen molar-refractivity contribution >= 4 is 19.8 Å². The van der Waals surface area contributed by atoms with E-state index in [9.17, 15) is 19.0 Å². The Balaban J connectivity index is 4.60. The smallest absolute Gasteiger partial charge is 0.462 e. The number of hydrogen-bond donors (Lipinski definition) is 1. The highest BCUT2D eigenvalue weighted by molar-refractivity contribution is 7.47. The molecule has 0 aliphatic heterocycles. The number of esters is 2. The van der Waals surface area contributed by atoms with E-state index < -0.39 is 32.5 Å². The highest BCUT2D eigenvalue weighted by Crippen LogP contribution is 2.43. The maximum atomic E-state index is 12.6. The van der Waals surface area contributed by atoms with Crippen LogP contribution in [0.1, 0.15) is 117 Å². The molecule has 0 radical (unpaired) electrons. The molecule has 0 saturated carbocycles. The van der Waals surface area contributed by atoms with Crippen molar-refractivity contribution in [2.75, 3.05) is 47.5 Å². The fourth-order valence-corrected chi connectivity index (χ4v) is 5.49. The lowest BCUT2D eigenvalue weighted by Crippen LogP contribution is -2.37. The zero-order valence-corrected chi connectivity index (χ0v) is 36.2. The second-order valence-corrected chi connectivity index (χ2v) is 15.9. The first-order chi connectivity index (χ1) is 27.0. The molecule has 0 aromatic rings. The van der Waals surface area contributed by atoms with Crippen molar-refractivity contribution in [3.8, 4) is 0 Å². The summed E-state index contributed by atoms with van der Waals surface area (Å²) in [6, 6.07) is 0. The monoisotopic (exact) mass is 801 g/mol. The number of rotatable bonds is 35. The van der Waals surface area contributed by atoms with E-state index >= 15 is 0 Å². The Hall–Kier alpha value is -3.33. The molecular formula is C46H75NO8P+. The molecule has 56 heavy (non-hydrogen) atoms. The topological polar surface area (TPSA) is 108 Å². The Morgan fingerprint density at radius 2 is 1.12 bits per heavy atom. The molecule has 9 nitrogen and oxygen atoms in total. The van der Waals surface area contributed by atoms with Gasteiger partial charge in [0.2, 0.25) is 0 Å². The number of phosphoric ester groups is 1. The molecule has 0 aliphatic rings. The minimum Gasteiger partial charge on any atom is -0.462 e. The lowest BCUT2D eigenvalue weighted by Gasteiger charge is -2.24. The second kappa shape index (κ2) is 37.3. The first-order valence-corrected chi connectivity index (χ1v) is 22.2. The maximum absolute atomic E-state index is 12.6. The molecule has 0 rings (SSSR count). The number of unbranched alkanes of at least 4 members (excludes halogenated alkanes) is 9. The van der Waals surface area contributed by atoms with Crippen molar-refractivity contribution in [3.63, 3.8) is 0 Å². The molecule has 0 fully saturated rings. The van der Waals surface area contributed by atoms with Gasteiger partial charge in [-0.15, -0.1) is 0 Å². The highest BCUT2D eigenvalue weighted by Gasteiger charge is 2.27. The zero-order chi connectivity index (χ0) is 41.4. The van der Waals surface area contributed by atoms with Crippen LogP contribution in [0, 0.1) is 0 Å². The summed E-state index contributed by atoms with van der Waals surface area (Å²) in [7, 11) is 1.39. The van der Waals surface area contributed by atoms with E-state index in [0.717, 1.165) is 38.5 Å². The average Bonchev–Trinajstić information content (AvgIpc) is 3.15. The van der Waals surface area contributed by atoms with Gasteiger partial charge in [0.05, 0.1) is 27.7 Å². The third kappa shape index (κ3) is 40.3. The Labute approximate surface area is 340 Å². The van der Waals surface area contributed by atoms with E-state index in [1.54, 1.807) is 0 Å². The van der Waals surface area contributed by atoms with Gasteiger partial charge in [0, 0.05) is 12.8 Å². The van der Waals surface area contributed by atoms with E-state index in [0.29, 0.717) is 23.9 Å². The molecule has 0 aromatic heterocycles. The van der Waals surface area contributed by atoms with Gasteiger partial charge in [-0.25, -0.2) is 4.57 Å². The van der Waals surface area contributed by atoms with Crippen molar-refractivity contribution in [1.82, 2.24) is 0 Å². The molecule has 0 amide bonds. The van der Waals surface area contributed by atoms with Crippen LogP contribution in [-0.4, -0.2) is 74.9 Å². The van der Waals surface area contributed by atoms with E-state index in [1.165, 1.54) is 38.5 Å². The molecule has 0 bridgehead atoms. The molecule has 0 aliphatic carbocycles. The van der Waals surface area contributed by atoms with E-state index in [-0.39, 0.29) is 26.1 Å². The molecule has 1 N–H and O–H groups in total. The van der Waals surface area contributed by atoms with Crippen molar-refractivity contribution in [2.45, 2.75) is 123 Å². The van der Waals surface area contributed by atoms with Crippen molar-refractivity contribution in [3.05, 3.63) is 109 Å². The first kappa shape index (κ1) is 52.7. The van der Waals surface area contributed by atoms with Gasteiger partial charge in [-0.05, 0) is 51.4 Å². The fourth-order valence-electron chi connectivity index (χ4n) is 4.75. The van der Waals surface area contributed by atoms with Gasteiger partial charge in [0.1, 0.15) is 19.8 Å². The number of nitrogens with zero attached hydrogens (tertiary/aromatic N) is 1. The van der Waals surface area contributed by atoms with Gasteiger partial charge < -0.3 is 18.9 Å². The predicted molar refractivity (Wildman–Crippen MR) is 233 cm³/mol. The first-order valence-electron chi connectivity index (χ1n) is 20.7. The quantitative estimate of drug-likeness (QED) is 0.0169. The molecular weight excluding hydrogens is 725 g/mol. The molecule has 0 saturated heterocycles. The number of ether oxygens (including phenoxy) is 2. The Kier molecular flexibility index (Phi) is 35.0. The minimum atomic E-state index is -4.40. The van der Waals surface area contributed by atoms with Crippen LogP contribution in [-0.2, 0) is 32.7 Å². The van der Waals surface area contributed by atoms with Gasteiger partial charge in [-0.1, -0.05) is 162 Å². The van der Waals surface area contributed by atoms with Crippen LogP contribution in [0.3, 0.4) is 0 Å². The normalized spacial score (nSPS) is 14.8. The summed E-state index contributed by atoms with van der Waals surface area (Å²) in [5.74, 6) is -0.944. The lowest BCUT2D eigenvalue weighted by atomic mass is 10.1. The van der Waals surface area contributed by atoms with Crippen LogP contribution < -0.4 is 0 Å². The van der Waals surface area contributed by atoms with Crippen LogP contribution in [0.15, 0.2) is 109 Å². The van der Waals surface area contributed by atoms with Crippen molar-refractivity contribution in [1.29, 1.82) is 0 Å². The summed E-state index contributed by atoms with van der Waals surface area (Å²) in [4.78, 5) is 35.2. The average molecular weight is 801 g/mol. The largest absolute Gasteiger partial charge is 0.472 e. The third-order valence-corrected chi connectivity index (χ3v) is 8.98. The maximum Gasteiger partial charge on any atom is 0.472 e. The lowest BCUT2D eigenvalue weighted by molar-refractivity contribution is -0.870. The SMILES string of the molecule is CC/C=C/C=C/C=C/C=C/C=C/C=C/C=C/CCCCCC(=O)OCC(COP(=O)(O)OCC[N+](C)(C)C)OC(=O)CC/C=C/C/C=C/CCCCCCCC. The molecule has 316 valence electrons. The van der Waals surface area contributed by atoms with Crippen molar-refractivity contribution in [2.24, 2.45) is 0 Å². The minimum absolute atomic E-state index is 0.00761. The molecule has 0 heterocycles. The van der Waals surface area contributed by atoms with Crippen LogP contribution in [0.25, 0.3) is 0 Å². The molecule has 10 heteroatoms. The van der Waals surface area contributed by atoms with Gasteiger partial charge >= 0.3 is 19.8 Å². The van der Waals surface area contributed by atoms with E-state index in [1.807, 2.05) is 106 Å². The van der Waals surface area contributed by atoms with Crippen LogP contribution in [0.2, 0.25) is 0 Å². The van der Waals surface area contributed by atoms with Crippen molar-refractivity contribution < 1.29 is 42.1 Å². The predicted octanol–water partition coefficient (Wildman–Crippen LogP) is 11.6. The Morgan fingerprint density at radius 1 is 0.589 bits per heavy atom. The van der Waals surface area contributed by atoms with Crippen LogP contribution in [0.4, 0.5) is 0 Å². The summed E-state index contributed by atoms with van der Waals surface area (Å²) in [5, 5.41) is 0. The fraction of sp³-hybridized carbons (Fsp3) is 0.565. The third-order valence-electron chi connectivity index (χ3n) is 8.00. The number of phosphoric acid groups is 1. The number of likely N-dealkylation sites (N-methyl/N-ethyl adjacent to an activating group) is 1. The molecule has 0 spiro atoms. The number of hydrogen-bond acceptors (Lipinski definition) is 7. The number of carbonyl (C=O) groups excluding carboxylic acids is 2. The molecule has 0 aromatic carbocycles. The van der Waals surface area contributed by atoms with Gasteiger partial charge in [-0.2, -0.15) is 0 Å². The number of allylic oxidation sites excluding steroid dienone is 18. The molecule has 2 atom stereocenters. The Bertz CT molecular complexity index is 1320. The second-order valence-electron chi connectivity index (χ2n) is 14.5. The summed E-state index contributed by atoms with van der Waals surface area (Å²) in [6.07, 6.45) is 50.1. The summed E-state index contributed by atoms with van der Waals surface area (Å²) in [5.41, 5.74) is 0. The zero-order valence-electron chi connectivity index (χ0n) is 35.3.